The SMILES string of the molecule is O=C([O-])[O-].O=C([O-])[O-].[Pb]. The van der Waals surface area contributed by atoms with E-state index in [2.05, 4.69) is 0 Å². The van der Waals surface area contributed by atoms with Crippen LogP contribution in [0.25, 0.3) is 0 Å². The van der Waals surface area contributed by atoms with E-state index in [1.165, 1.54) is 0 Å². The number of carbonyl (C=O) groups excluding carboxylic acids is 2. The Morgan fingerprint density at radius 2 is 0.778 bits per heavy atom. The first-order valence-corrected chi connectivity index (χ1v) is 1.22. The van der Waals surface area contributed by atoms with E-state index in [0.29, 0.717) is 0 Å². The third kappa shape index (κ3) is 769. The standard InChI is InChI=1S/2CH2O3.Pb/c2*2-1(3)4;/h2*(H2,2,3,4);/p-4. The molecule has 7 heteroatoms. The zero-order valence-corrected chi connectivity index (χ0v) is 7.84. The van der Waals surface area contributed by atoms with Crippen molar-refractivity contribution in [1.82, 2.24) is 0 Å². The van der Waals surface area contributed by atoms with Gasteiger partial charge in [0.1, 0.15) is 0 Å². The molecule has 6 nitrogen and oxygen atoms in total. The summed E-state index contributed by atoms with van der Waals surface area (Å²) >= 11 is 0. The third-order valence-electron chi connectivity index (χ3n) is 0. The van der Waals surface area contributed by atoms with E-state index in [9.17, 15) is 0 Å². The summed E-state index contributed by atoms with van der Waals surface area (Å²) in [5.74, 6) is 0. The fraction of sp³-hybridized carbons (Fsp3) is 0. The van der Waals surface area contributed by atoms with Gasteiger partial charge in [0.05, 0.1) is 0 Å². The molecule has 0 aliphatic rings. The minimum Gasteiger partial charge on any atom is -0.652 e. The monoisotopic (exact) mass is 328 g/mol. The molecule has 0 saturated heterocycles. The van der Waals surface area contributed by atoms with Crippen LogP contribution in [-0.2, 0) is 0 Å². The van der Waals surface area contributed by atoms with Crippen molar-refractivity contribution in [2.75, 3.05) is 0 Å². The van der Waals surface area contributed by atoms with Gasteiger partial charge in [0, 0.05) is 27.3 Å². The Bertz CT molecular complexity index is 69.1. The molecule has 0 aromatic heterocycles. The van der Waals surface area contributed by atoms with Crippen LogP contribution in [0.2, 0.25) is 0 Å². The fourth-order valence-electron chi connectivity index (χ4n) is 0. The maximum absolute atomic E-state index is 8.33. The predicted molar refractivity (Wildman–Crippen MR) is 16.5 cm³/mol. The molecule has 0 aromatic rings. The number of rotatable bonds is 0. The van der Waals surface area contributed by atoms with Crippen LogP contribution in [0.15, 0.2) is 0 Å². The van der Waals surface area contributed by atoms with Gasteiger partial charge in [-0.3, -0.25) is 0 Å². The molecule has 0 bridgehead atoms. The number of hydrogen-bond donors (Lipinski definition) is 0. The van der Waals surface area contributed by atoms with Crippen molar-refractivity contribution in [3.05, 3.63) is 0 Å². The second-order valence-corrected chi connectivity index (χ2v) is 0.500. The van der Waals surface area contributed by atoms with E-state index in [-0.39, 0.29) is 27.3 Å². The first-order valence-electron chi connectivity index (χ1n) is 1.22. The summed E-state index contributed by atoms with van der Waals surface area (Å²) in [5, 5.41) is 33.3. The molecule has 0 rings (SSSR count). The minimum atomic E-state index is -2.33. The van der Waals surface area contributed by atoms with Gasteiger partial charge in [0.2, 0.25) is 0 Å². The molecule has 0 heterocycles. The first-order chi connectivity index (χ1) is 3.46. The van der Waals surface area contributed by atoms with Crippen molar-refractivity contribution in [3.8, 4) is 0 Å². The summed E-state index contributed by atoms with van der Waals surface area (Å²) in [6, 6.07) is 0. The molecule has 0 atom stereocenters. The van der Waals surface area contributed by atoms with E-state index >= 15 is 0 Å². The molecule has 9 heavy (non-hydrogen) atoms. The van der Waals surface area contributed by atoms with Gasteiger partial charge in [-0.2, -0.15) is 0 Å². The third-order valence-corrected chi connectivity index (χ3v) is 0. The Balaban J connectivity index is -0.0000000720. The summed E-state index contributed by atoms with van der Waals surface area (Å²) in [6.07, 6.45) is -4.67. The normalized spacial score (nSPS) is 5.33. The predicted octanol–water partition coefficient (Wildman–Crippen LogP) is -5.27. The Morgan fingerprint density at radius 1 is 0.778 bits per heavy atom. The smallest absolute Gasteiger partial charge is 0 e. The molecule has 4 radical (unpaired) electrons. The van der Waals surface area contributed by atoms with E-state index in [4.69, 9.17) is 30.0 Å². The zero-order chi connectivity index (χ0) is 7.15. The summed E-state index contributed by atoms with van der Waals surface area (Å²) < 4.78 is 0. The van der Waals surface area contributed by atoms with E-state index in [1.807, 2.05) is 0 Å². The quantitative estimate of drug-likeness (QED) is 0.409. The molecular weight excluding hydrogens is 327 g/mol. The van der Waals surface area contributed by atoms with Crippen molar-refractivity contribution in [3.63, 3.8) is 0 Å². The molecule has 0 aromatic carbocycles. The van der Waals surface area contributed by atoms with Crippen molar-refractivity contribution >= 4 is 39.6 Å². The van der Waals surface area contributed by atoms with Crippen molar-refractivity contribution in [1.29, 1.82) is 0 Å². The van der Waals surface area contributed by atoms with Gasteiger partial charge in [-0.25, -0.2) is 0 Å². The van der Waals surface area contributed by atoms with Crippen LogP contribution in [-0.4, -0.2) is 39.6 Å². The number of hydrogen-bond acceptors (Lipinski definition) is 6. The average Bonchev–Trinajstić information content (AvgIpc) is 1.25. The zero-order valence-electron chi connectivity index (χ0n) is 3.95. The van der Waals surface area contributed by atoms with Gasteiger partial charge in [-0.15, -0.1) is 0 Å². The fourth-order valence-corrected chi connectivity index (χ4v) is 0. The molecule has 0 aliphatic heterocycles. The molecule has 52 valence electrons. The summed E-state index contributed by atoms with van der Waals surface area (Å²) in [6.45, 7) is 0. The maximum Gasteiger partial charge on any atom is 0 e. The van der Waals surface area contributed by atoms with Gasteiger partial charge < -0.3 is 30.0 Å². The Kier molecular flexibility index (Phi) is 18.3. The van der Waals surface area contributed by atoms with Gasteiger partial charge >= 0.3 is 0 Å². The molecule has 0 unspecified atom stereocenters. The van der Waals surface area contributed by atoms with Crippen LogP contribution in [0, 0.1) is 0 Å². The van der Waals surface area contributed by atoms with Gasteiger partial charge in [-0.05, 0) is 12.3 Å². The van der Waals surface area contributed by atoms with Crippen LogP contribution >= 0.6 is 0 Å². The summed E-state index contributed by atoms with van der Waals surface area (Å²) in [5.41, 5.74) is 0. The Hall–Kier alpha value is -0.538. The second kappa shape index (κ2) is 10.4. The second-order valence-electron chi connectivity index (χ2n) is 0.500. The molecule has 0 aliphatic carbocycles. The van der Waals surface area contributed by atoms with Crippen LogP contribution in [0.4, 0.5) is 9.59 Å². The largest absolute Gasteiger partial charge is 0.652 e. The topological polar surface area (TPSA) is 126 Å². The molecule has 0 fully saturated rings. The Labute approximate surface area is 69.9 Å². The van der Waals surface area contributed by atoms with E-state index < -0.39 is 12.3 Å². The van der Waals surface area contributed by atoms with Crippen LogP contribution in [0.5, 0.6) is 0 Å². The maximum atomic E-state index is 8.33. The number of carbonyl (C=O) groups is 2. The van der Waals surface area contributed by atoms with Crippen LogP contribution in [0.1, 0.15) is 0 Å². The minimum absolute atomic E-state index is 0. The van der Waals surface area contributed by atoms with Crippen LogP contribution in [0.3, 0.4) is 0 Å². The van der Waals surface area contributed by atoms with Crippen LogP contribution < -0.4 is 20.4 Å². The van der Waals surface area contributed by atoms with Gasteiger partial charge in [0.15, 0.2) is 0 Å². The molecule has 0 amide bonds. The van der Waals surface area contributed by atoms with Crippen molar-refractivity contribution < 1.29 is 30.0 Å². The molecule has 0 spiro atoms. The van der Waals surface area contributed by atoms with Crippen molar-refractivity contribution in [2.45, 2.75) is 0 Å². The van der Waals surface area contributed by atoms with Gasteiger partial charge in [-0.1, -0.05) is 0 Å². The average molecular weight is 327 g/mol. The molecule has 0 saturated carbocycles. The van der Waals surface area contributed by atoms with Crippen molar-refractivity contribution in [2.24, 2.45) is 0 Å². The molecule has 0 N–H and O–H groups in total. The Morgan fingerprint density at radius 3 is 0.778 bits per heavy atom. The number of carboxylic acid groups (broad SMARTS) is 4. The molecular formula is C2O6Pb-4. The van der Waals surface area contributed by atoms with Gasteiger partial charge in [0.25, 0.3) is 0 Å². The van der Waals surface area contributed by atoms with E-state index in [1.54, 1.807) is 0 Å². The summed E-state index contributed by atoms with van der Waals surface area (Å²) in [4.78, 5) is 16.7. The first kappa shape index (κ1) is 15.8. The van der Waals surface area contributed by atoms with E-state index in [0.717, 1.165) is 0 Å². The summed E-state index contributed by atoms with van der Waals surface area (Å²) in [7, 11) is 0.